The zero-order chi connectivity index (χ0) is 19.8. The fourth-order valence-electron chi connectivity index (χ4n) is 3.29. The van der Waals surface area contributed by atoms with Gasteiger partial charge in [-0.3, -0.25) is 0 Å². The van der Waals surface area contributed by atoms with Gasteiger partial charge >= 0.3 is 0 Å². The first-order valence-corrected chi connectivity index (χ1v) is 11.0. The van der Waals surface area contributed by atoms with E-state index in [-0.39, 0.29) is 24.0 Å². The highest BCUT2D eigenvalue weighted by molar-refractivity contribution is 14.0. The van der Waals surface area contributed by atoms with Crippen molar-refractivity contribution in [3.63, 3.8) is 0 Å². The third kappa shape index (κ3) is 7.11. The van der Waals surface area contributed by atoms with Crippen LogP contribution in [-0.4, -0.2) is 55.1 Å². The number of nitrogens with zero attached hydrogens (tertiary/aromatic N) is 4. The lowest BCUT2D eigenvalue weighted by Gasteiger charge is -2.34. The molecule has 8 heteroatoms. The summed E-state index contributed by atoms with van der Waals surface area (Å²) in [7, 11) is 0. The Morgan fingerprint density at radius 2 is 1.97 bits per heavy atom. The smallest absolute Gasteiger partial charge is 0.191 e. The monoisotopic (exact) mass is 528 g/mol. The fraction of sp³-hybridized carbons (Fsp3) is 0.524. The van der Waals surface area contributed by atoms with Gasteiger partial charge in [0.1, 0.15) is 5.82 Å². The molecule has 1 fully saturated rings. The summed E-state index contributed by atoms with van der Waals surface area (Å²) < 4.78 is 0. The molecule has 3 heterocycles. The second-order valence-electron chi connectivity index (χ2n) is 7.02. The molecule has 0 spiro atoms. The van der Waals surface area contributed by atoms with E-state index in [4.69, 9.17) is 4.99 Å². The summed E-state index contributed by atoms with van der Waals surface area (Å²) >= 11 is 1.78. The average Bonchev–Trinajstić information content (AvgIpc) is 3.15. The van der Waals surface area contributed by atoms with E-state index in [1.165, 1.54) is 16.0 Å². The summed E-state index contributed by atoms with van der Waals surface area (Å²) in [4.78, 5) is 15.6. The molecule has 160 valence electrons. The average molecular weight is 529 g/mol. The van der Waals surface area contributed by atoms with Crippen LogP contribution in [0.1, 0.15) is 29.9 Å². The first-order valence-electron chi connectivity index (χ1n) is 10.2. The van der Waals surface area contributed by atoms with Crippen LogP contribution in [-0.2, 0) is 13.1 Å². The van der Waals surface area contributed by atoms with Gasteiger partial charge in [0.05, 0.1) is 13.1 Å². The van der Waals surface area contributed by atoms with E-state index in [0.717, 1.165) is 57.6 Å². The lowest BCUT2D eigenvalue weighted by Crippen LogP contribution is -2.46. The van der Waals surface area contributed by atoms with Crippen LogP contribution in [0.3, 0.4) is 0 Å². The zero-order valence-electron chi connectivity index (χ0n) is 17.6. The summed E-state index contributed by atoms with van der Waals surface area (Å²) in [6.07, 6.45) is 1.90. The van der Waals surface area contributed by atoms with E-state index in [0.29, 0.717) is 6.54 Å². The topological polar surface area (TPSA) is 55.8 Å². The molecule has 1 saturated heterocycles. The van der Waals surface area contributed by atoms with Gasteiger partial charge in [-0.1, -0.05) is 6.92 Å². The van der Waals surface area contributed by atoms with Crippen molar-refractivity contribution < 1.29 is 0 Å². The van der Waals surface area contributed by atoms with Crippen LogP contribution in [0.15, 0.2) is 34.8 Å². The summed E-state index contributed by atoms with van der Waals surface area (Å²) in [6.45, 7) is 14.2. The van der Waals surface area contributed by atoms with Gasteiger partial charge in [0.25, 0.3) is 0 Å². The third-order valence-corrected chi connectivity index (χ3v) is 6.12. The fourth-order valence-corrected chi connectivity index (χ4v) is 4.13. The molecule has 1 aliphatic heterocycles. The van der Waals surface area contributed by atoms with E-state index in [1.807, 2.05) is 6.20 Å². The summed E-state index contributed by atoms with van der Waals surface area (Å²) in [5.74, 6) is 1.92. The van der Waals surface area contributed by atoms with Crippen LogP contribution in [0.2, 0.25) is 0 Å². The second kappa shape index (κ2) is 12.3. The van der Waals surface area contributed by atoms with Crippen LogP contribution in [0.5, 0.6) is 0 Å². The molecule has 6 nitrogen and oxygen atoms in total. The molecule has 0 aliphatic carbocycles. The second-order valence-corrected chi connectivity index (χ2v) is 8.02. The van der Waals surface area contributed by atoms with Gasteiger partial charge in [0.2, 0.25) is 0 Å². The number of pyridine rings is 1. The molecule has 1 aliphatic rings. The molecule has 3 rings (SSSR count). The number of halogens is 1. The van der Waals surface area contributed by atoms with Gasteiger partial charge in [0, 0.05) is 43.8 Å². The predicted molar refractivity (Wildman–Crippen MR) is 135 cm³/mol. The Labute approximate surface area is 195 Å². The van der Waals surface area contributed by atoms with Gasteiger partial charge in [-0.15, -0.1) is 35.3 Å². The van der Waals surface area contributed by atoms with Crippen LogP contribution < -0.4 is 15.5 Å². The molecule has 2 aromatic rings. The van der Waals surface area contributed by atoms with Crippen LogP contribution in [0, 0.1) is 6.92 Å². The first-order chi connectivity index (χ1) is 13.7. The Hall–Kier alpha value is -1.39. The third-order valence-electron chi connectivity index (χ3n) is 5.10. The summed E-state index contributed by atoms with van der Waals surface area (Å²) in [5.41, 5.74) is 2.52. The number of rotatable bonds is 7. The Kier molecular flexibility index (Phi) is 10.2. The number of hydrogen-bond donors (Lipinski definition) is 2. The maximum absolute atomic E-state index is 4.77. The molecule has 0 bridgehead atoms. The number of aryl methyl sites for hydroxylation is 1. The molecule has 29 heavy (non-hydrogen) atoms. The molecular weight excluding hydrogens is 495 g/mol. The van der Waals surface area contributed by atoms with Crippen LogP contribution in [0.25, 0.3) is 0 Å². The van der Waals surface area contributed by atoms with Gasteiger partial charge in [-0.2, -0.15) is 0 Å². The number of guanidine groups is 1. The Balaban J connectivity index is 0.00000300. The predicted octanol–water partition coefficient (Wildman–Crippen LogP) is 3.47. The van der Waals surface area contributed by atoms with Crippen molar-refractivity contribution >= 4 is 47.1 Å². The SMILES string of the molecule is CCNC(=NCc1ccnc(N2CCN(CC)CC2)c1)NCc1sccc1C.I. The number of aromatic nitrogens is 1. The lowest BCUT2D eigenvalue weighted by atomic mass is 10.2. The van der Waals surface area contributed by atoms with Gasteiger partial charge in [0.15, 0.2) is 5.96 Å². The lowest BCUT2D eigenvalue weighted by molar-refractivity contribution is 0.270. The van der Waals surface area contributed by atoms with Crippen molar-refractivity contribution in [3.05, 3.63) is 45.8 Å². The normalized spacial score (nSPS) is 15.1. The molecule has 0 radical (unpaired) electrons. The molecule has 0 atom stereocenters. The highest BCUT2D eigenvalue weighted by Gasteiger charge is 2.16. The Morgan fingerprint density at radius 3 is 2.62 bits per heavy atom. The molecule has 0 unspecified atom stereocenters. The minimum absolute atomic E-state index is 0. The van der Waals surface area contributed by atoms with E-state index in [9.17, 15) is 0 Å². The molecule has 2 N–H and O–H groups in total. The van der Waals surface area contributed by atoms with Gasteiger partial charge in [-0.25, -0.2) is 9.98 Å². The van der Waals surface area contributed by atoms with Crippen LogP contribution in [0.4, 0.5) is 5.82 Å². The summed E-state index contributed by atoms with van der Waals surface area (Å²) in [6, 6.07) is 6.39. The highest BCUT2D eigenvalue weighted by atomic mass is 127. The first kappa shape index (κ1) is 23.9. The Bertz CT molecular complexity index is 770. The number of piperazine rings is 1. The number of thiophene rings is 1. The maximum atomic E-state index is 4.77. The van der Waals surface area contributed by atoms with E-state index >= 15 is 0 Å². The Morgan fingerprint density at radius 1 is 1.17 bits per heavy atom. The van der Waals surface area contributed by atoms with Crippen molar-refractivity contribution in [2.24, 2.45) is 4.99 Å². The number of anilines is 1. The standard InChI is InChI=1S/C21H32N6S.HI/c1-4-22-21(25-16-19-17(3)7-13-28-19)24-15-18-6-8-23-20(14-18)27-11-9-26(5-2)10-12-27;/h6-8,13-14H,4-5,9-12,15-16H2,1-3H3,(H2,22,24,25);1H. The van der Waals surface area contributed by atoms with Gasteiger partial charge in [-0.05, 0) is 55.1 Å². The minimum Gasteiger partial charge on any atom is -0.357 e. The summed E-state index contributed by atoms with van der Waals surface area (Å²) in [5, 5.41) is 8.91. The van der Waals surface area contributed by atoms with Crippen molar-refractivity contribution in [3.8, 4) is 0 Å². The van der Waals surface area contributed by atoms with E-state index in [1.54, 1.807) is 11.3 Å². The highest BCUT2D eigenvalue weighted by Crippen LogP contribution is 2.16. The van der Waals surface area contributed by atoms with Gasteiger partial charge < -0.3 is 20.4 Å². The maximum Gasteiger partial charge on any atom is 0.191 e. The van der Waals surface area contributed by atoms with Crippen molar-refractivity contribution in [2.75, 3.05) is 44.2 Å². The van der Waals surface area contributed by atoms with Crippen LogP contribution >= 0.6 is 35.3 Å². The largest absolute Gasteiger partial charge is 0.357 e. The number of nitrogens with one attached hydrogen (secondary N) is 2. The van der Waals surface area contributed by atoms with E-state index < -0.39 is 0 Å². The zero-order valence-corrected chi connectivity index (χ0v) is 20.8. The molecule has 2 aromatic heterocycles. The van der Waals surface area contributed by atoms with Crippen molar-refractivity contribution in [2.45, 2.75) is 33.9 Å². The van der Waals surface area contributed by atoms with Crippen molar-refractivity contribution in [1.82, 2.24) is 20.5 Å². The minimum atomic E-state index is 0. The molecular formula is C21H33IN6S. The van der Waals surface area contributed by atoms with E-state index in [2.05, 4.69) is 69.8 Å². The van der Waals surface area contributed by atoms with Crippen molar-refractivity contribution in [1.29, 1.82) is 0 Å². The molecule has 0 amide bonds. The molecule has 0 aromatic carbocycles. The number of likely N-dealkylation sites (N-methyl/N-ethyl adjacent to an activating group) is 1. The molecule has 0 saturated carbocycles. The number of aliphatic imine (C=N–C) groups is 1. The number of hydrogen-bond acceptors (Lipinski definition) is 5. The quantitative estimate of drug-likeness (QED) is 0.328.